The molecule has 1 unspecified atom stereocenters. The lowest BCUT2D eigenvalue weighted by atomic mass is 9.96. The summed E-state index contributed by atoms with van der Waals surface area (Å²) in [6, 6.07) is 11.2. The van der Waals surface area contributed by atoms with Gasteiger partial charge in [-0.3, -0.25) is 4.79 Å². The van der Waals surface area contributed by atoms with Gasteiger partial charge >= 0.3 is 5.63 Å². The topological polar surface area (TPSA) is 56.5 Å². The van der Waals surface area contributed by atoms with Crippen molar-refractivity contribution >= 4 is 27.5 Å². The quantitative estimate of drug-likeness (QED) is 0.525. The summed E-state index contributed by atoms with van der Waals surface area (Å²) in [5.74, 6) is 0.766. The van der Waals surface area contributed by atoms with Gasteiger partial charge in [-0.1, -0.05) is 18.2 Å². The number of carbonyl (C=O) groups is 1. The van der Waals surface area contributed by atoms with Gasteiger partial charge in [0.1, 0.15) is 11.3 Å². The van der Waals surface area contributed by atoms with Crippen LogP contribution in [0.3, 0.4) is 0 Å². The van der Waals surface area contributed by atoms with Gasteiger partial charge in [-0.2, -0.15) is 0 Å². The molecule has 1 aliphatic carbocycles. The second-order valence-electron chi connectivity index (χ2n) is 6.32. The second-order valence-corrected chi connectivity index (χ2v) is 6.32. The Morgan fingerprint density at radius 3 is 2.58 bits per heavy atom. The fourth-order valence-corrected chi connectivity index (χ4v) is 3.42. The minimum absolute atomic E-state index is 0.153. The molecule has 0 spiro atoms. The van der Waals surface area contributed by atoms with Crippen molar-refractivity contribution in [3.05, 3.63) is 52.4 Å². The van der Waals surface area contributed by atoms with E-state index in [0.717, 1.165) is 35.6 Å². The Morgan fingerprint density at radius 2 is 1.79 bits per heavy atom. The fraction of sp³-hybridized carbons (Fsp3) is 0.300. The van der Waals surface area contributed by atoms with Gasteiger partial charge in [-0.15, -0.1) is 0 Å². The van der Waals surface area contributed by atoms with E-state index in [1.807, 2.05) is 37.3 Å². The Kier molecular flexibility index (Phi) is 3.60. The molecule has 1 saturated carbocycles. The van der Waals surface area contributed by atoms with Crippen molar-refractivity contribution in [2.75, 3.05) is 0 Å². The smallest absolute Gasteiger partial charge is 0.344 e. The van der Waals surface area contributed by atoms with Crippen LogP contribution in [-0.2, 0) is 4.79 Å². The maximum Gasteiger partial charge on any atom is 0.344 e. The molecule has 24 heavy (non-hydrogen) atoms. The average Bonchev–Trinajstić information content (AvgIpc) is 2.60. The van der Waals surface area contributed by atoms with Crippen LogP contribution in [0.1, 0.15) is 31.2 Å². The van der Waals surface area contributed by atoms with Crippen molar-refractivity contribution in [2.45, 2.75) is 38.7 Å². The molecule has 1 heterocycles. The maximum atomic E-state index is 12.2. The number of benzene rings is 2. The molecule has 0 radical (unpaired) electrons. The van der Waals surface area contributed by atoms with Crippen molar-refractivity contribution in [3.8, 4) is 5.75 Å². The molecule has 1 fully saturated rings. The summed E-state index contributed by atoms with van der Waals surface area (Å²) in [5.41, 5.74) is 0.931. The van der Waals surface area contributed by atoms with E-state index in [4.69, 9.17) is 9.15 Å². The normalized spacial score (nSPS) is 18.2. The van der Waals surface area contributed by atoms with E-state index in [9.17, 15) is 9.59 Å². The van der Waals surface area contributed by atoms with Gasteiger partial charge < -0.3 is 9.15 Å². The summed E-state index contributed by atoms with van der Waals surface area (Å²) in [4.78, 5) is 24.2. The first kappa shape index (κ1) is 14.9. The molecule has 0 N–H and O–H groups in total. The average molecular weight is 322 g/mol. The van der Waals surface area contributed by atoms with Gasteiger partial charge in [0, 0.05) is 17.4 Å². The number of hydrogen-bond donors (Lipinski definition) is 0. The van der Waals surface area contributed by atoms with Crippen molar-refractivity contribution in [1.82, 2.24) is 0 Å². The summed E-state index contributed by atoms with van der Waals surface area (Å²) in [6.45, 7) is 1.86. The third-order valence-corrected chi connectivity index (χ3v) is 4.76. The van der Waals surface area contributed by atoms with E-state index < -0.39 is 0 Å². The number of ether oxygens (including phenoxy) is 1. The molecule has 4 heteroatoms. The Balaban J connectivity index is 1.84. The number of carbonyl (C=O) groups excluding carboxylic acids is 1. The molecule has 0 bridgehead atoms. The minimum Gasteiger partial charge on any atom is -0.482 e. The Bertz CT molecular complexity index is 1000. The first-order valence-electron chi connectivity index (χ1n) is 8.29. The Labute approximate surface area is 139 Å². The van der Waals surface area contributed by atoms with Crippen LogP contribution < -0.4 is 10.4 Å². The molecule has 0 saturated heterocycles. The van der Waals surface area contributed by atoms with Crippen LogP contribution in [0.2, 0.25) is 0 Å². The summed E-state index contributed by atoms with van der Waals surface area (Å²) < 4.78 is 11.5. The maximum absolute atomic E-state index is 12.2. The first-order valence-corrected chi connectivity index (χ1v) is 8.29. The van der Waals surface area contributed by atoms with Gasteiger partial charge in [-0.25, -0.2) is 4.79 Å². The molecule has 1 aliphatic rings. The highest BCUT2D eigenvalue weighted by atomic mass is 16.5. The van der Waals surface area contributed by atoms with Crippen molar-refractivity contribution in [3.63, 3.8) is 0 Å². The molecule has 3 aromatic rings. The number of rotatable bonds is 2. The molecule has 1 aromatic heterocycles. The van der Waals surface area contributed by atoms with E-state index in [1.54, 1.807) is 6.07 Å². The van der Waals surface area contributed by atoms with Crippen LogP contribution >= 0.6 is 0 Å². The zero-order chi connectivity index (χ0) is 16.7. The number of ketones is 1. The van der Waals surface area contributed by atoms with E-state index in [1.165, 1.54) is 0 Å². The minimum atomic E-state index is -0.387. The molecule has 2 aromatic carbocycles. The molecular weight excluding hydrogens is 304 g/mol. The lowest BCUT2D eigenvalue weighted by Crippen LogP contribution is -2.30. The second kappa shape index (κ2) is 5.78. The lowest BCUT2D eigenvalue weighted by molar-refractivity contribution is -0.127. The zero-order valence-electron chi connectivity index (χ0n) is 13.5. The van der Waals surface area contributed by atoms with Crippen LogP contribution in [0.25, 0.3) is 21.7 Å². The molecular formula is C20H18O4. The number of fused-ring (bicyclic) bond motifs is 3. The van der Waals surface area contributed by atoms with Crippen LogP contribution in [0.15, 0.2) is 45.6 Å². The van der Waals surface area contributed by atoms with Crippen LogP contribution in [-0.4, -0.2) is 11.9 Å². The highest BCUT2D eigenvalue weighted by molar-refractivity contribution is 6.05. The number of hydrogen-bond acceptors (Lipinski definition) is 4. The molecule has 4 rings (SSSR count). The largest absolute Gasteiger partial charge is 0.482 e. The van der Waals surface area contributed by atoms with Gasteiger partial charge in [0.05, 0.1) is 5.39 Å². The SMILES string of the molecule is Cc1c(OC2CCCCC2=O)ccc2c1oc(=O)c1ccccc12. The summed E-state index contributed by atoms with van der Waals surface area (Å²) in [7, 11) is 0. The fourth-order valence-electron chi connectivity index (χ4n) is 3.42. The summed E-state index contributed by atoms with van der Waals surface area (Å²) in [6.07, 6.45) is 2.88. The monoisotopic (exact) mass is 322 g/mol. The standard InChI is InChI=1S/C20H18O4/c1-12-17(23-18-9-5-4-8-16(18)21)11-10-14-13-6-2-3-7-15(13)20(22)24-19(12)14/h2-3,6-7,10-11,18H,4-5,8-9H2,1H3. The number of Topliss-reactive ketones (excluding diaryl/α,β-unsaturated/α-hetero) is 1. The van der Waals surface area contributed by atoms with E-state index in [0.29, 0.717) is 23.1 Å². The van der Waals surface area contributed by atoms with Gasteiger partial charge in [0.25, 0.3) is 0 Å². The first-order chi connectivity index (χ1) is 11.6. The van der Waals surface area contributed by atoms with Crippen molar-refractivity contribution < 1.29 is 13.9 Å². The molecule has 0 aliphatic heterocycles. The lowest BCUT2D eigenvalue weighted by Gasteiger charge is -2.23. The molecule has 0 amide bonds. The van der Waals surface area contributed by atoms with E-state index in [-0.39, 0.29) is 17.5 Å². The van der Waals surface area contributed by atoms with Crippen LogP contribution in [0.5, 0.6) is 5.75 Å². The van der Waals surface area contributed by atoms with Gasteiger partial charge in [-0.05, 0) is 49.8 Å². The molecule has 1 atom stereocenters. The highest BCUT2D eigenvalue weighted by Crippen LogP contribution is 2.32. The van der Waals surface area contributed by atoms with Crippen molar-refractivity contribution in [2.24, 2.45) is 0 Å². The molecule has 4 nitrogen and oxygen atoms in total. The zero-order valence-corrected chi connectivity index (χ0v) is 13.5. The molecule has 122 valence electrons. The van der Waals surface area contributed by atoms with Crippen LogP contribution in [0, 0.1) is 6.92 Å². The van der Waals surface area contributed by atoms with E-state index >= 15 is 0 Å². The Hall–Kier alpha value is -2.62. The van der Waals surface area contributed by atoms with Crippen molar-refractivity contribution in [1.29, 1.82) is 0 Å². The Morgan fingerprint density at radius 1 is 1.00 bits per heavy atom. The van der Waals surface area contributed by atoms with Gasteiger partial charge in [0.2, 0.25) is 0 Å². The van der Waals surface area contributed by atoms with E-state index in [2.05, 4.69) is 0 Å². The number of aryl methyl sites for hydroxylation is 1. The summed E-state index contributed by atoms with van der Waals surface area (Å²) in [5, 5.41) is 2.32. The highest BCUT2D eigenvalue weighted by Gasteiger charge is 2.25. The third-order valence-electron chi connectivity index (χ3n) is 4.76. The predicted molar refractivity (Wildman–Crippen MR) is 92.6 cm³/mol. The summed E-state index contributed by atoms with van der Waals surface area (Å²) >= 11 is 0. The third kappa shape index (κ3) is 2.39. The van der Waals surface area contributed by atoms with Gasteiger partial charge in [0.15, 0.2) is 11.9 Å². The predicted octanol–water partition coefficient (Wildman–Crippen LogP) is 4.15. The van der Waals surface area contributed by atoms with Crippen LogP contribution in [0.4, 0.5) is 0 Å².